The molecule has 0 aromatic heterocycles. The first-order valence-corrected chi connectivity index (χ1v) is 8.10. The number of piperidine rings is 1. The molecule has 0 aliphatic carbocycles. The molecule has 1 aliphatic rings. The zero-order valence-corrected chi connectivity index (χ0v) is 13.7. The predicted octanol–water partition coefficient (Wildman–Crippen LogP) is 3.60. The number of rotatable bonds is 5. The van der Waals surface area contributed by atoms with Gasteiger partial charge in [-0.1, -0.05) is 32.4 Å². The maximum absolute atomic E-state index is 13.4. The van der Waals surface area contributed by atoms with Crippen LogP contribution < -0.4 is 5.73 Å². The monoisotopic (exact) mass is 292 g/mol. The molecule has 2 rings (SSSR count). The molecule has 0 radical (unpaired) electrons. The molecule has 1 aromatic carbocycles. The Balaban J connectivity index is 2.07. The van der Waals surface area contributed by atoms with Crippen LogP contribution in [0.1, 0.15) is 45.6 Å². The second kappa shape index (κ2) is 6.45. The Hall–Kier alpha value is -0.930. The van der Waals surface area contributed by atoms with Crippen molar-refractivity contribution in [3.63, 3.8) is 0 Å². The van der Waals surface area contributed by atoms with Crippen molar-refractivity contribution in [1.29, 1.82) is 0 Å². The lowest BCUT2D eigenvalue weighted by molar-refractivity contribution is 0.0345. The summed E-state index contributed by atoms with van der Waals surface area (Å²) in [6.45, 7) is 9.67. The zero-order chi connectivity index (χ0) is 15.5. The lowest BCUT2D eigenvalue weighted by Crippen LogP contribution is -2.56. The van der Waals surface area contributed by atoms with Crippen molar-refractivity contribution in [3.05, 3.63) is 35.6 Å². The van der Waals surface area contributed by atoms with Crippen LogP contribution in [-0.4, -0.2) is 30.1 Å². The van der Waals surface area contributed by atoms with Gasteiger partial charge in [0, 0.05) is 12.1 Å². The summed E-state index contributed by atoms with van der Waals surface area (Å²) in [5.74, 6) is -0.163. The van der Waals surface area contributed by atoms with Gasteiger partial charge in [-0.2, -0.15) is 0 Å². The standard InChI is InChI=1S/C18H29FN2/c1-4-17(2)8-10-21(11-9-17)18(3,14-20)13-15-6-5-7-16(19)12-15/h5-7,12H,4,8-11,13-14,20H2,1-3H3. The first kappa shape index (κ1) is 16.4. The van der Waals surface area contributed by atoms with E-state index in [1.165, 1.54) is 25.3 Å². The maximum atomic E-state index is 13.4. The summed E-state index contributed by atoms with van der Waals surface area (Å²) in [4.78, 5) is 2.51. The van der Waals surface area contributed by atoms with E-state index in [2.05, 4.69) is 25.7 Å². The first-order chi connectivity index (χ1) is 9.91. The summed E-state index contributed by atoms with van der Waals surface area (Å²) in [5.41, 5.74) is 7.52. The van der Waals surface area contributed by atoms with Crippen molar-refractivity contribution in [2.75, 3.05) is 19.6 Å². The fourth-order valence-electron chi connectivity index (χ4n) is 3.34. The number of nitrogens with two attached hydrogens (primary N) is 1. The van der Waals surface area contributed by atoms with Crippen LogP contribution in [0.25, 0.3) is 0 Å². The van der Waals surface area contributed by atoms with Crippen molar-refractivity contribution >= 4 is 0 Å². The third kappa shape index (κ3) is 3.83. The van der Waals surface area contributed by atoms with Gasteiger partial charge in [0.05, 0.1) is 0 Å². The van der Waals surface area contributed by atoms with Crippen LogP contribution in [0.5, 0.6) is 0 Å². The molecule has 1 unspecified atom stereocenters. The van der Waals surface area contributed by atoms with Crippen molar-refractivity contribution in [2.45, 2.75) is 52.0 Å². The van der Waals surface area contributed by atoms with Gasteiger partial charge in [0.1, 0.15) is 5.82 Å². The molecule has 0 bridgehead atoms. The van der Waals surface area contributed by atoms with Gasteiger partial charge in [0.2, 0.25) is 0 Å². The number of likely N-dealkylation sites (tertiary alicyclic amines) is 1. The van der Waals surface area contributed by atoms with E-state index in [4.69, 9.17) is 5.73 Å². The van der Waals surface area contributed by atoms with E-state index in [1.807, 2.05) is 6.07 Å². The normalized spacial score (nSPS) is 22.0. The highest BCUT2D eigenvalue weighted by Gasteiger charge is 2.36. The van der Waals surface area contributed by atoms with Crippen LogP contribution in [0, 0.1) is 11.2 Å². The number of benzene rings is 1. The third-order valence-electron chi connectivity index (χ3n) is 5.50. The quantitative estimate of drug-likeness (QED) is 0.898. The van der Waals surface area contributed by atoms with Gasteiger partial charge in [0.25, 0.3) is 0 Å². The Morgan fingerprint density at radius 1 is 1.33 bits per heavy atom. The first-order valence-electron chi connectivity index (χ1n) is 8.10. The lowest BCUT2D eigenvalue weighted by Gasteiger charge is -2.47. The number of hydrogen-bond acceptors (Lipinski definition) is 2. The molecule has 1 atom stereocenters. The molecule has 1 aromatic rings. The predicted molar refractivity (Wildman–Crippen MR) is 86.8 cm³/mol. The molecular formula is C18H29FN2. The summed E-state index contributed by atoms with van der Waals surface area (Å²) in [6.07, 6.45) is 4.50. The summed E-state index contributed by atoms with van der Waals surface area (Å²) < 4.78 is 13.4. The largest absolute Gasteiger partial charge is 0.329 e. The van der Waals surface area contributed by atoms with Gasteiger partial charge >= 0.3 is 0 Å². The van der Waals surface area contributed by atoms with E-state index in [1.54, 1.807) is 12.1 Å². The highest BCUT2D eigenvalue weighted by molar-refractivity contribution is 5.19. The van der Waals surface area contributed by atoms with Crippen molar-refractivity contribution < 1.29 is 4.39 Å². The van der Waals surface area contributed by atoms with Crippen molar-refractivity contribution in [2.24, 2.45) is 11.1 Å². The molecule has 3 heteroatoms. The summed E-state index contributed by atoms with van der Waals surface area (Å²) in [7, 11) is 0. The average Bonchev–Trinajstić information content (AvgIpc) is 2.48. The minimum absolute atomic E-state index is 0.0805. The molecule has 0 spiro atoms. The van der Waals surface area contributed by atoms with Crippen molar-refractivity contribution in [3.8, 4) is 0 Å². The number of halogens is 1. The Morgan fingerprint density at radius 3 is 2.52 bits per heavy atom. The third-order valence-corrected chi connectivity index (χ3v) is 5.50. The smallest absolute Gasteiger partial charge is 0.123 e. The zero-order valence-electron chi connectivity index (χ0n) is 13.7. The second-order valence-electron chi connectivity index (χ2n) is 7.16. The Labute approximate surface area is 128 Å². The van der Waals surface area contributed by atoms with Gasteiger partial charge in [-0.05, 0) is 62.4 Å². The highest BCUT2D eigenvalue weighted by Crippen LogP contribution is 2.36. The minimum Gasteiger partial charge on any atom is -0.329 e. The van der Waals surface area contributed by atoms with E-state index in [9.17, 15) is 4.39 Å². The van der Waals surface area contributed by atoms with Crippen LogP contribution in [0.15, 0.2) is 24.3 Å². The fraction of sp³-hybridized carbons (Fsp3) is 0.667. The second-order valence-corrected chi connectivity index (χ2v) is 7.16. The molecule has 21 heavy (non-hydrogen) atoms. The topological polar surface area (TPSA) is 29.3 Å². The molecule has 0 amide bonds. The molecule has 1 aliphatic heterocycles. The van der Waals surface area contributed by atoms with Gasteiger partial charge in [0.15, 0.2) is 0 Å². The summed E-state index contributed by atoms with van der Waals surface area (Å²) in [5, 5.41) is 0. The van der Waals surface area contributed by atoms with E-state index in [0.717, 1.165) is 25.1 Å². The van der Waals surface area contributed by atoms with E-state index in [0.29, 0.717) is 12.0 Å². The van der Waals surface area contributed by atoms with Gasteiger partial charge in [-0.15, -0.1) is 0 Å². The maximum Gasteiger partial charge on any atom is 0.123 e. The van der Waals surface area contributed by atoms with Gasteiger partial charge < -0.3 is 5.73 Å². The lowest BCUT2D eigenvalue weighted by atomic mass is 9.76. The van der Waals surface area contributed by atoms with E-state index < -0.39 is 0 Å². The van der Waals surface area contributed by atoms with Crippen LogP contribution >= 0.6 is 0 Å². The molecular weight excluding hydrogens is 263 g/mol. The van der Waals surface area contributed by atoms with Crippen molar-refractivity contribution in [1.82, 2.24) is 4.90 Å². The molecule has 1 fully saturated rings. The summed E-state index contributed by atoms with van der Waals surface area (Å²) in [6, 6.07) is 6.91. The van der Waals surface area contributed by atoms with Gasteiger partial charge in [-0.25, -0.2) is 4.39 Å². The molecule has 1 saturated heterocycles. The Morgan fingerprint density at radius 2 is 2.00 bits per heavy atom. The highest BCUT2D eigenvalue weighted by atomic mass is 19.1. The molecule has 2 nitrogen and oxygen atoms in total. The Bertz CT molecular complexity index is 466. The van der Waals surface area contributed by atoms with Crippen LogP contribution in [0.2, 0.25) is 0 Å². The fourth-order valence-corrected chi connectivity index (χ4v) is 3.34. The number of nitrogens with zero attached hydrogens (tertiary/aromatic N) is 1. The minimum atomic E-state index is -0.163. The van der Waals surface area contributed by atoms with Gasteiger partial charge in [-0.3, -0.25) is 4.90 Å². The van der Waals surface area contributed by atoms with E-state index >= 15 is 0 Å². The van der Waals surface area contributed by atoms with Crippen LogP contribution in [-0.2, 0) is 6.42 Å². The molecule has 118 valence electrons. The number of hydrogen-bond donors (Lipinski definition) is 1. The van der Waals surface area contributed by atoms with Crippen LogP contribution in [0.3, 0.4) is 0 Å². The Kier molecular flexibility index (Phi) is 5.05. The molecule has 2 N–H and O–H groups in total. The SMILES string of the molecule is CCC1(C)CCN(C(C)(CN)Cc2cccc(F)c2)CC1. The summed E-state index contributed by atoms with van der Waals surface area (Å²) >= 11 is 0. The van der Waals surface area contributed by atoms with E-state index in [-0.39, 0.29) is 11.4 Å². The molecule has 1 heterocycles. The van der Waals surface area contributed by atoms with Crippen LogP contribution in [0.4, 0.5) is 4.39 Å². The molecule has 0 saturated carbocycles. The average molecular weight is 292 g/mol.